The molecule has 0 radical (unpaired) electrons. The van der Waals surface area contributed by atoms with Crippen molar-refractivity contribution in [2.45, 2.75) is 78.2 Å². The fourth-order valence-corrected chi connectivity index (χ4v) is 5.78. The lowest BCUT2D eigenvalue weighted by Crippen LogP contribution is -2.59. The highest BCUT2D eigenvalue weighted by Gasteiger charge is 2.41. The summed E-state index contributed by atoms with van der Waals surface area (Å²) in [4.78, 5) is 42.7. The standard InChI is InChI=1S/C33H35F5N6O4/c1-16-11-12-39-25(19(4)33(36,37)38)27(16)44-29-20(13-22(35)26(40-29)24-21(34)9-8-10-23(24)45)28(41-30(44)46)42-14-18(3)43(15-17(42)2)31(47)48-32(5,6)7/h8-13,17-19,45H,14-15H2,1-7H3/t17-,18+,19?/m0/s1. The van der Waals surface area contributed by atoms with Gasteiger partial charge in [-0.3, -0.25) is 4.98 Å². The molecule has 1 N–H and O–H groups in total. The molecule has 3 atom stereocenters. The van der Waals surface area contributed by atoms with Crippen molar-refractivity contribution in [3.63, 3.8) is 0 Å². The number of aromatic hydroxyl groups is 1. The number of fused-ring (bicyclic) bond motifs is 1. The van der Waals surface area contributed by atoms with Crippen molar-refractivity contribution in [3.8, 4) is 22.7 Å². The first-order valence-corrected chi connectivity index (χ1v) is 15.2. The molecule has 1 aromatic carbocycles. The predicted molar refractivity (Wildman–Crippen MR) is 168 cm³/mol. The average Bonchev–Trinajstić information content (AvgIpc) is 2.97. The number of rotatable bonds is 4. The van der Waals surface area contributed by atoms with Crippen LogP contribution in [-0.4, -0.2) is 72.6 Å². The molecule has 1 amide bonds. The third-order valence-corrected chi connectivity index (χ3v) is 8.19. The van der Waals surface area contributed by atoms with Gasteiger partial charge in [-0.05, 0) is 78.3 Å². The Morgan fingerprint density at radius 1 is 1.04 bits per heavy atom. The number of hydrogen-bond acceptors (Lipinski definition) is 8. The molecule has 0 saturated carbocycles. The van der Waals surface area contributed by atoms with Gasteiger partial charge < -0.3 is 19.6 Å². The quantitative estimate of drug-likeness (QED) is 0.240. The molecule has 0 bridgehead atoms. The van der Waals surface area contributed by atoms with Crippen molar-refractivity contribution in [1.29, 1.82) is 0 Å². The number of ether oxygens (including phenoxy) is 1. The summed E-state index contributed by atoms with van der Waals surface area (Å²) in [5.41, 5.74) is -3.99. The van der Waals surface area contributed by atoms with Gasteiger partial charge in [0.15, 0.2) is 11.5 Å². The minimum Gasteiger partial charge on any atom is -0.507 e. The zero-order valence-corrected chi connectivity index (χ0v) is 27.4. The number of carbonyl (C=O) groups is 1. The molecule has 256 valence electrons. The first-order valence-electron chi connectivity index (χ1n) is 15.2. The van der Waals surface area contributed by atoms with Crippen LogP contribution in [0.2, 0.25) is 0 Å². The Balaban J connectivity index is 1.79. The topological polar surface area (TPSA) is 114 Å². The molecule has 4 heterocycles. The van der Waals surface area contributed by atoms with Crippen LogP contribution in [0.25, 0.3) is 28.0 Å². The molecule has 3 aromatic heterocycles. The molecule has 0 aliphatic carbocycles. The van der Waals surface area contributed by atoms with Crippen LogP contribution in [0.5, 0.6) is 5.75 Å². The maximum absolute atomic E-state index is 16.0. The van der Waals surface area contributed by atoms with Crippen molar-refractivity contribution in [3.05, 3.63) is 69.9 Å². The molecule has 48 heavy (non-hydrogen) atoms. The summed E-state index contributed by atoms with van der Waals surface area (Å²) in [6.07, 6.45) is -4.12. The highest BCUT2D eigenvalue weighted by Crippen LogP contribution is 2.39. The van der Waals surface area contributed by atoms with Crippen LogP contribution >= 0.6 is 0 Å². The van der Waals surface area contributed by atoms with Crippen molar-refractivity contribution in [2.75, 3.05) is 18.0 Å². The summed E-state index contributed by atoms with van der Waals surface area (Å²) in [6.45, 7) is 11.3. The van der Waals surface area contributed by atoms with Gasteiger partial charge in [-0.15, -0.1) is 0 Å². The van der Waals surface area contributed by atoms with Crippen LogP contribution in [-0.2, 0) is 4.74 Å². The van der Waals surface area contributed by atoms with Gasteiger partial charge in [-0.2, -0.15) is 18.2 Å². The second-order valence-electron chi connectivity index (χ2n) is 13.0. The number of anilines is 1. The third-order valence-electron chi connectivity index (χ3n) is 8.19. The molecule has 15 heteroatoms. The van der Waals surface area contributed by atoms with Gasteiger partial charge in [-0.25, -0.2) is 27.9 Å². The number of aromatic nitrogens is 4. The van der Waals surface area contributed by atoms with Gasteiger partial charge >= 0.3 is 18.0 Å². The number of piperazine rings is 1. The molecule has 4 aromatic rings. The van der Waals surface area contributed by atoms with E-state index < -0.39 is 75.9 Å². The normalized spacial score (nSPS) is 17.9. The zero-order chi connectivity index (χ0) is 35.5. The number of aryl methyl sites for hydroxylation is 1. The van der Waals surface area contributed by atoms with E-state index in [1.165, 1.54) is 30.2 Å². The highest BCUT2D eigenvalue weighted by molar-refractivity contribution is 5.91. The Morgan fingerprint density at radius 2 is 1.73 bits per heavy atom. The van der Waals surface area contributed by atoms with Crippen molar-refractivity contribution in [2.24, 2.45) is 0 Å². The van der Waals surface area contributed by atoms with E-state index in [1.807, 2.05) is 0 Å². The minimum atomic E-state index is -4.74. The van der Waals surface area contributed by atoms with Gasteiger partial charge in [0.05, 0.1) is 28.2 Å². The van der Waals surface area contributed by atoms with Gasteiger partial charge in [0.25, 0.3) is 0 Å². The van der Waals surface area contributed by atoms with E-state index in [9.17, 15) is 27.9 Å². The van der Waals surface area contributed by atoms with E-state index in [-0.39, 0.29) is 41.2 Å². The van der Waals surface area contributed by atoms with Gasteiger partial charge in [0.2, 0.25) is 0 Å². The molecule has 0 spiro atoms. The van der Waals surface area contributed by atoms with E-state index in [0.717, 1.165) is 29.7 Å². The molecule has 1 fully saturated rings. The summed E-state index contributed by atoms with van der Waals surface area (Å²) in [6, 6.07) is 4.69. The summed E-state index contributed by atoms with van der Waals surface area (Å²) in [7, 11) is 0. The van der Waals surface area contributed by atoms with E-state index in [0.29, 0.717) is 0 Å². The maximum Gasteiger partial charge on any atom is 0.410 e. The minimum absolute atomic E-state index is 0.0443. The Labute approximate surface area is 272 Å². The van der Waals surface area contributed by atoms with Crippen LogP contribution < -0.4 is 10.6 Å². The number of pyridine rings is 2. The van der Waals surface area contributed by atoms with Crippen molar-refractivity contribution < 1.29 is 36.6 Å². The number of hydrogen-bond donors (Lipinski definition) is 1. The highest BCUT2D eigenvalue weighted by atomic mass is 19.4. The zero-order valence-electron chi connectivity index (χ0n) is 27.4. The number of carbonyl (C=O) groups excluding carboxylic acids is 1. The first-order chi connectivity index (χ1) is 22.3. The number of halogens is 5. The first kappa shape index (κ1) is 34.5. The summed E-state index contributed by atoms with van der Waals surface area (Å²) < 4.78 is 79.5. The number of benzene rings is 1. The monoisotopic (exact) mass is 674 g/mol. The number of phenols is 1. The summed E-state index contributed by atoms with van der Waals surface area (Å²) in [5, 5.41) is 10.4. The fourth-order valence-electron chi connectivity index (χ4n) is 5.78. The van der Waals surface area contributed by atoms with E-state index in [4.69, 9.17) is 4.74 Å². The Kier molecular flexibility index (Phi) is 8.86. The lowest BCUT2D eigenvalue weighted by molar-refractivity contribution is -0.147. The molecule has 1 aliphatic rings. The van der Waals surface area contributed by atoms with Crippen molar-refractivity contribution >= 4 is 22.9 Å². The van der Waals surface area contributed by atoms with Crippen LogP contribution in [0.3, 0.4) is 0 Å². The predicted octanol–water partition coefficient (Wildman–Crippen LogP) is 6.63. The maximum atomic E-state index is 16.0. The fraction of sp³-hybridized carbons (Fsp3) is 0.424. The number of amides is 1. The van der Waals surface area contributed by atoms with Gasteiger partial charge in [-0.1, -0.05) is 6.07 Å². The molecule has 5 rings (SSSR count). The molecule has 1 saturated heterocycles. The van der Waals surface area contributed by atoms with Crippen LogP contribution in [0.4, 0.5) is 32.6 Å². The molecule has 1 aliphatic heterocycles. The van der Waals surface area contributed by atoms with Crippen LogP contribution in [0.1, 0.15) is 58.7 Å². The number of nitrogens with zero attached hydrogens (tertiary/aromatic N) is 6. The van der Waals surface area contributed by atoms with Crippen molar-refractivity contribution in [1.82, 2.24) is 24.4 Å². The van der Waals surface area contributed by atoms with E-state index in [1.54, 1.807) is 39.5 Å². The summed E-state index contributed by atoms with van der Waals surface area (Å²) >= 11 is 0. The summed E-state index contributed by atoms with van der Waals surface area (Å²) in [5.74, 6) is -4.93. The van der Waals surface area contributed by atoms with Crippen LogP contribution in [0.15, 0.2) is 41.3 Å². The van der Waals surface area contributed by atoms with Gasteiger partial charge in [0, 0.05) is 31.4 Å². The molecular weight excluding hydrogens is 639 g/mol. The SMILES string of the molecule is Cc1ccnc(C(C)C(F)(F)F)c1-n1c(=O)nc(N2C[C@@H](C)N(C(=O)OC(C)(C)C)C[C@@H]2C)c2cc(F)c(-c3c(O)cccc3F)nc21. The van der Waals surface area contributed by atoms with Crippen LogP contribution in [0, 0.1) is 18.6 Å². The Bertz CT molecular complexity index is 1940. The Hall–Kier alpha value is -4.82. The second kappa shape index (κ2) is 12.3. The molecular formula is C33H35F5N6O4. The largest absolute Gasteiger partial charge is 0.507 e. The lowest BCUT2D eigenvalue weighted by atomic mass is 10.0. The smallest absolute Gasteiger partial charge is 0.410 e. The van der Waals surface area contributed by atoms with E-state index >= 15 is 8.78 Å². The average molecular weight is 675 g/mol. The molecule has 1 unspecified atom stereocenters. The molecule has 10 nitrogen and oxygen atoms in total. The third kappa shape index (κ3) is 6.37. The second-order valence-corrected chi connectivity index (χ2v) is 13.0. The number of alkyl halides is 3. The number of phenolic OH excluding ortho intramolecular Hbond substituents is 1. The van der Waals surface area contributed by atoms with E-state index in [2.05, 4.69) is 15.0 Å². The van der Waals surface area contributed by atoms with Gasteiger partial charge in [0.1, 0.15) is 28.7 Å². The Morgan fingerprint density at radius 3 is 2.35 bits per heavy atom. The lowest BCUT2D eigenvalue weighted by Gasteiger charge is -2.44.